The molecular weight excluding hydrogens is 663 g/mol. The number of phenolic OH excluding ortho intramolecular Hbond substituents is 1. The molecule has 1 fully saturated rings. The van der Waals surface area contributed by atoms with Crippen LogP contribution in [0.4, 0.5) is 18.9 Å². The van der Waals surface area contributed by atoms with Gasteiger partial charge in [-0.25, -0.2) is 4.79 Å². The molecule has 3 aromatic rings. The van der Waals surface area contributed by atoms with Crippen LogP contribution in [0.25, 0.3) is 11.4 Å². The Labute approximate surface area is 286 Å². The number of halogens is 3. The number of benzene rings is 2. The highest BCUT2D eigenvalue weighted by Crippen LogP contribution is 2.39. The fraction of sp³-hybridized carbons (Fsp3) is 0.515. The lowest BCUT2D eigenvalue weighted by Gasteiger charge is -2.34. The van der Waals surface area contributed by atoms with E-state index in [-0.39, 0.29) is 30.2 Å². The second kappa shape index (κ2) is 18.3. The number of anilines is 1. The number of aromatic hydroxyl groups is 1. The minimum Gasteiger partial charge on any atom is -0.506 e. The zero-order valence-electron chi connectivity index (χ0n) is 27.7. The SMILES string of the molecule is Cn1nnc(-c2cccc(CCOCCC(=O)N(CCNCCc3ccc(O)c4c3OCC(=O)N4)C3CCCCC3)c2)n1.O=C(O)C(F)(F)F. The predicted octanol–water partition coefficient (Wildman–Crippen LogP) is 3.49. The van der Waals surface area contributed by atoms with Gasteiger partial charge in [0, 0.05) is 24.7 Å². The largest absolute Gasteiger partial charge is 0.506 e. The fourth-order valence-electron chi connectivity index (χ4n) is 5.72. The number of aryl methyl sites for hydroxylation is 1. The molecular formula is C33H42F3N7O7. The van der Waals surface area contributed by atoms with Crippen LogP contribution in [0.3, 0.4) is 0 Å². The van der Waals surface area contributed by atoms with Gasteiger partial charge in [-0.15, -0.1) is 10.2 Å². The van der Waals surface area contributed by atoms with Crippen LogP contribution in [0.5, 0.6) is 11.5 Å². The lowest BCUT2D eigenvalue weighted by atomic mass is 9.94. The number of carboxylic acids is 1. The second-order valence-corrected chi connectivity index (χ2v) is 11.9. The Bertz CT molecular complexity index is 1600. The van der Waals surface area contributed by atoms with Gasteiger partial charge in [-0.2, -0.15) is 18.0 Å². The summed E-state index contributed by atoms with van der Waals surface area (Å²) in [5.41, 5.74) is 3.28. The van der Waals surface area contributed by atoms with Gasteiger partial charge >= 0.3 is 12.1 Å². The number of nitrogens with zero attached hydrogens (tertiary/aromatic N) is 5. The first-order valence-corrected chi connectivity index (χ1v) is 16.4. The average Bonchev–Trinajstić information content (AvgIpc) is 3.53. The first-order chi connectivity index (χ1) is 23.9. The summed E-state index contributed by atoms with van der Waals surface area (Å²) in [5, 5.41) is 35.6. The van der Waals surface area contributed by atoms with E-state index in [1.165, 1.54) is 11.2 Å². The molecule has 1 aromatic heterocycles. The highest BCUT2D eigenvalue weighted by atomic mass is 19.4. The number of carbonyl (C=O) groups is 3. The number of aliphatic carboxylic acids is 1. The summed E-state index contributed by atoms with van der Waals surface area (Å²) in [6.45, 7) is 2.87. The minimum atomic E-state index is -5.08. The van der Waals surface area contributed by atoms with Gasteiger partial charge in [0.1, 0.15) is 11.4 Å². The van der Waals surface area contributed by atoms with Gasteiger partial charge < -0.3 is 35.2 Å². The van der Waals surface area contributed by atoms with E-state index in [0.717, 1.165) is 48.8 Å². The van der Waals surface area contributed by atoms with E-state index >= 15 is 0 Å². The number of amides is 2. The molecule has 0 atom stereocenters. The van der Waals surface area contributed by atoms with Crippen molar-refractivity contribution in [3.63, 3.8) is 0 Å². The molecule has 2 amide bonds. The van der Waals surface area contributed by atoms with E-state index < -0.39 is 12.1 Å². The lowest BCUT2D eigenvalue weighted by Crippen LogP contribution is -2.45. The topological polar surface area (TPSA) is 181 Å². The second-order valence-electron chi connectivity index (χ2n) is 11.9. The van der Waals surface area contributed by atoms with Crippen LogP contribution >= 0.6 is 0 Å². The maximum atomic E-state index is 13.3. The Balaban J connectivity index is 0.000000727. The third-order valence-corrected chi connectivity index (χ3v) is 8.20. The summed E-state index contributed by atoms with van der Waals surface area (Å²) in [4.78, 5) is 37.3. The van der Waals surface area contributed by atoms with Gasteiger partial charge in [0.05, 0.1) is 26.7 Å². The summed E-state index contributed by atoms with van der Waals surface area (Å²) in [6.07, 6.45) is 2.32. The van der Waals surface area contributed by atoms with Crippen molar-refractivity contribution in [3.8, 4) is 22.9 Å². The highest BCUT2D eigenvalue weighted by molar-refractivity contribution is 5.97. The Morgan fingerprint density at radius 3 is 2.58 bits per heavy atom. The van der Waals surface area contributed by atoms with Crippen molar-refractivity contribution >= 4 is 23.5 Å². The average molecular weight is 706 g/mol. The van der Waals surface area contributed by atoms with Crippen LogP contribution in [-0.4, -0.2) is 105 Å². The molecule has 0 spiro atoms. The molecule has 2 aromatic carbocycles. The number of phenols is 1. The van der Waals surface area contributed by atoms with Gasteiger partial charge in [0.2, 0.25) is 11.7 Å². The van der Waals surface area contributed by atoms with Crippen LogP contribution in [-0.2, 0) is 39.0 Å². The number of hydrogen-bond acceptors (Lipinski definition) is 10. The smallest absolute Gasteiger partial charge is 0.490 e. The van der Waals surface area contributed by atoms with Crippen molar-refractivity contribution < 1.29 is 47.2 Å². The first-order valence-electron chi connectivity index (χ1n) is 16.4. The predicted molar refractivity (Wildman–Crippen MR) is 174 cm³/mol. The molecule has 17 heteroatoms. The quantitative estimate of drug-likeness (QED) is 0.142. The Morgan fingerprint density at radius 2 is 1.88 bits per heavy atom. The van der Waals surface area contributed by atoms with Crippen molar-refractivity contribution in [2.45, 2.75) is 63.6 Å². The third-order valence-electron chi connectivity index (χ3n) is 8.20. The van der Waals surface area contributed by atoms with Gasteiger partial charge in [-0.3, -0.25) is 9.59 Å². The molecule has 14 nitrogen and oxygen atoms in total. The van der Waals surface area contributed by atoms with Crippen molar-refractivity contribution in [2.75, 3.05) is 44.8 Å². The molecule has 2 heterocycles. The molecule has 0 bridgehead atoms. The number of carbonyl (C=O) groups excluding carboxylic acids is 2. The summed E-state index contributed by atoms with van der Waals surface area (Å²) < 4.78 is 43.2. The van der Waals surface area contributed by atoms with Crippen LogP contribution in [0.1, 0.15) is 49.7 Å². The third kappa shape index (κ3) is 11.4. The van der Waals surface area contributed by atoms with Crippen LogP contribution < -0.4 is 15.4 Å². The summed E-state index contributed by atoms with van der Waals surface area (Å²) in [6, 6.07) is 11.7. The van der Waals surface area contributed by atoms with E-state index in [1.54, 1.807) is 13.1 Å². The van der Waals surface area contributed by atoms with E-state index in [1.807, 2.05) is 35.2 Å². The Morgan fingerprint density at radius 1 is 1.12 bits per heavy atom. The van der Waals surface area contributed by atoms with Crippen molar-refractivity contribution in [2.24, 2.45) is 7.05 Å². The lowest BCUT2D eigenvalue weighted by molar-refractivity contribution is -0.192. The molecule has 0 saturated heterocycles. The number of hydrogen-bond donors (Lipinski definition) is 4. The molecule has 1 saturated carbocycles. The van der Waals surface area contributed by atoms with Crippen molar-refractivity contribution in [3.05, 3.63) is 47.5 Å². The molecule has 0 radical (unpaired) electrons. The zero-order chi connectivity index (χ0) is 36.1. The maximum absolute atomic E-state index is 13.3. The minimum absolute atomic E-state index is 0.00416. The number of aromatic nitrogens is 4. The molecule has 5 rings (SSSR count). The van der Waals surface area contributed by atoms with Gasteiger partial charge in [-0.05, 0) is 60.7 Å². The summed E-state index contributed by atoms with van der Waals surface area (Å²) in [5.74, 6) is -1.78. The van der Waals surface area contributed by atoms with Crippen LogP contribution in [0, 0.1) is 0 Å². The number of alkyl halides is 3. The molecule has 50 heavy (non-hydrogen) atoms. The molecule has 0 unspecified atom stereocenters. The highest BCUT2D eigenvalue weighted by Gasteiger charge is 2.38. The standard InChI is InChI=1S/C31H41N7O5.C2HF3O2/c1-37-35-31(34-36-37)24-7-5-6-22(20-24)13-18-42-19-14-28(41)38(25-8-3-2-4-9-25)17-16-32-15-12-23-10-11-26(39)29-30(23)43-21-27(40)33-29;3-2(4,5)1(6)7/h5-7,10-11,20,25,32,39H,2-4,8-9,12-19,21H2,1H3,(H,33,40);(H,6,7). The summed E-state index contributed by atoms with van der Waals surface area (Å²) in [7, 11) is 1.74. The normalized spacial score (nSPS) is 14.5. The number of nitrogens with one attached hydrogen (secondary N) is 2. The van der Waals surface area contributed by atoms with Gasteiger partial charge in [-0.1, -0.05) is 43.5 Å². The van der Waals surface area contributed by atoms with Crippen molar-refractivity contribution in [1.29, 1.82) is 0 Å². The Kier molecular flexibility index (Phi) is 13.9. The molecule has 1 aliphatic heterocycles. The first kappa shape index (κ1) is 38.0. The molecule has 4 N–H and O–H groups in total. The molecule has 1 aliphatic carbocycles. The Hall–Kier alpha value is -4.77. The molecule has 2 aliphatic rings. The number of carboxylic acid groups (broad SMARTS) is 1. The number of tetrazole rings is 1. The van der Waals surface area contributed by atoms with Crippen LogP contribution in [0.15, 0.2) is 36.4 Å². The number of ether oxygens (including phenoxy) is 2. The molecule has 272 valence electrons. The number of fused-ring (bicyclic) bond motifs is 1. The van der Waals surface area contributed by atoms with E-state index in [4.69, 9.17) is 19.4 Å². The van der Waals surface area contributed by atoms with Gasteiger partial charge in [0.15, 0.2) is 12.4 Å². The maximum Gasteiger partial charge on any atom is 0.490 e. The van der Waals surface area contributed by atoms with Crippen LogP contribution in [0.2, 0.25) is 0 Å². The fourth-order valence-corrected chi connectivity index (χ4v) is 5.72. The van der Waals surface area contributed by atoms with E-state index in [9.17, 15) is 27.9 Å². The van der Waals surface area contributed by atoms with Gasteiger partial charge in [0.25, 0.3) is 5.91 Å². The number of rotatable bonds is 14. The van der Waals surface area contributed by atoms with E-state index in [2.05, 4.69) is 26.0 Å². The monoisotopic (exact) mass is 705 g/mol. The zero-order valence-corrected chi connectivity index (χ0v) is 27.7. The summed E-state index contributed by atoms with van der Waals surface area (Å²) >= 11 is 0. The van der Waals surface area contributed by atoms with E-state index in [0.29, 0.717) is 63.0 Å². The van der Waals surface area contributed by atoms with Crippen molar-refractivity contribution in [1.82, 2.24) is 30.4 Å².